The lowest BCUT2D eigenvalue weighted by molar-refractivity contribution is -0.136. The maximum absolute atomic E-state index is 12.2. The molecular weight excluding hydrogens is 361 g/mol. The van der Waals surface area contributed by atoms with Crippen molar-refractivity contribution in [1.29, 1.82) is 0 Å². The Morgan fingerprint density at radius 3 is 2.85 bits per heavy atom. The molecule has 2 aromatic heterocycles. The summed E-state index contributed by atoms with van der Waals surface area (Å²) in [6.07, 6.45) is -1.91. The zero-order valence-corrected chi connectivity index (χ0v) is 14.7. The lowest BCUT2D eigenvalue weighted by Crippen LogP contribution is -2.55. The molecule has 0 radical (unpaired) electrons. The van der Waals surface area contributed by atoms with Crippen LogP contribution in [-0.2, 0) is 17.6 Å². The van der Waals surface area contributed by atoms with Crippen molar-refractivity contribution < 1.29 is 18.0 Å². The van der Waals surface area contributed by atoms with Crippen LogP contribution in [0.4, 0.5) is 19.0 Å². The molecule has 4 rings (SSSR count). The lowest BCUT2D eigenvalue weighted by atomic mass is 9.97. The second kappa shape index (κ2) is 6.99. The van der Waals surface area contributed by atoms with Gasteiger partial charge in [0, 0.05) is 44.2 Å². The first-order valence-electron chi connectivity index (χ1n) is 9.08. The maximum atomic E-state index is 12.2. The van der Waals surface area contributed by atoms with Crippen LogP contribution < -0.4 is 15.5 Å². The van der Waals surface area contributed by atoms with Crippen LogP contribution in [0.2, 0.25) is 0 Å². The Morgan fingerprint density at radius 1 is 1.30 bits per heavy atom. The summed E-state index contributed by atoms with van der Waals surface area (Å²) in [7, 11) is 0. The van der Waals surface area contributed by atoms with Crippen LogP contribution in [0.1, 0.15) is 17.7 Å². The Bertz CT molecular complexity index is 843. The minimum absolute atomic E-state index is 0.309. The van der Waals surface area contributed by atoms with Gasteiger partial charge in [-0.15, -0.1) is 0 Å². The fourth-order valence-electron chi connectivity index (χ4n) is 3.63. The van der Waals surface area contributed by atoms with Crippen molar-refractivity contribution in [2.24, 2.45) is 5.92 Å². The van der Waals surface area contributed by atoms with E-state index in [9.17, 15) is 18.0 Å². The fourth-order valence-corrected chi connectivity index (χ4v) is 3.63. The molecule has 1 fully saturated rings. The summed E-state index contributed by atoms with van der Waals surface area (Å²) in [5, 5.41) is 10.1. The van der Waals surface area contributed by atoms with Crippen molar-refractivity contribution in [2.75, 3.05) is 37.6 Å². The first-order chi connectivity index (χ1) is 12.9. The van der Waals surface area contributed by atoms with Crippen LogP contribution in [0.15, 0.2) is 12.3 Å². The van der Waals surface area contributed by atoms with Gasteiger partial charge in [-0.3, -0.25) is 4.79 Å². The van der Waals surface area contributed by atoms with E-state index >= 15 is 0 Å². The lowest BCUT2D eigenvalue weighted by Gasteiger charge is -2.41. The van der Waals surface area contributed by atoms with Crippen molar-refractivity contribution in [3.05, 3.63) is 23.5 Å². The third kappa shape index (κ3) is 3.71. The predicted molar refractivity (Wildman–Crippen MR) is 92.6 cm³/mol. The summed E-state index contributed by atoms with van der Waals surface area (Å²) in [6, 6.07) is 1.85. The highest BCUT2D eigenvalue weighted by atomic mass is 19.4. The molecule has 2 aliphatic heterocycles. The van der Waals surface area contributed by atoms with Gasteiger partial charge in [-0.05, 0) is 13.0 Å². The zero-order valence-electron chi connectivity index (χ0n) is 14.7. The van der Waals surface area contributed by atoms with Gasteiger partial charge in [0.15, 0.2) is 5.65 Å². The predicted octanol–water partition coefficient (Wildman–Crippen LogP) is 0.922. The number of nitrogens with one attached hydrogen (secondary N) is 2. The van der Waals surface area contributed by atoms with Gasteiger partial charge >= 0.3 is 6.18 Å². The first kappa shape index (κ1) is 18.0. The highest BCUT2D eigenvalue weighted by Gasteiger charge is 2.36. The van der Waals surface area contributed by atoms with E-state index in [2.05, 4.69) is 20.6 Å². The topological polar surface area (TPSA) is 74.6 Å². The summed E-state index contributed by atoms with van der Waals surface area (Å²) >= 11 is 0. The number of carbonyl (C=O) groups is 1. The Kier molecular flexibility index (Phi) is 4.67. The highest BCUT2D eigenvalue weighted by Crippen LogP contribution is 2.31. The molecule has 2 aromatic rings. The van der Waals surface area contributed by atoms with Crippen molar-refractivity contribution in [3.63, 3.8) is 0 Å². The molecule has 0 unspecified atom stereocenters. The summed E-state index contributed by atoms with van der Waals surface area (Å²) in [5.41, 5.74) is 2.94. The van der Waals surface area contributed by atoms with E-state index in [1.807, 2.05) is 6.07 Å². The molecule has 0 aromatic carbocycles. The second-order valence-corrected chi connectivity index (χ2v) is 6.97. The highest BCUT2D eigenvalue weighted by molar-refractivity contribution is 5.82. The molecule has 0 atom stereocenters. The van der Waals surface area contributed by atoms with Crippen molar-refractivity contribution >= 4 is 17.4 Å². The summed E-state index contributed by atoms with van der Waals surface area (Å²) < 4.78 is 38.4. The van der Waals surface area contributed by atoms with Gasteiger partial charge in [-0.25, -0.2) is 4.98 Å². The quantitative estimate of drug-likeness (QED) is 0.823. The Balaban J connectivity index is 1.48. The third-order valence-electron chi connectivity index (χ3n) is 5.04. The molecule has 0 spiro atoms. The second-order valence-electron chi connectivity index (χ2n) is 6.97. The maximum Gasteiger partial charge on any atom is 0.390 e. The number of amides is 1. The van der Waals surface area contributed by atoms with E-state index in [0.29, 0.717) is 13.1 Å². The normalized spacial score (nSPS) is 18.1. The summed E-state index contributed by atoms with van der Waals surface area (Å²) in [6.45, 7) is 2.28. The largest absolute Gasteiger partial charge is 0.390 e. The van der Waals surface area contributed by atoms with Gasteiger partial charge in [0.1, 0.15) is 5.82 Å². The van der Waals surface area contributed by atoms with Crippen LogP contribution in [0.5, 0.6) is 0 Å². The fraction of sp³-hybridized carbons (Fsp3) is 0.588. The molecule has 10 heteroatoms. The van der Waals surface area contributed by atoms with Gasteiger partial charge in [-0.2, -0.15) is 22.8 Å². The average Bonchev–Trinajstić information content (AvgIpc) is 2.88. The monoisotopic (exact) mass is 382 g/mol. The number of hydrogen-bond donors (Lipinski definition) is 2. The number of nitrogens with zero attached hydrogens (tertiary/aromatic N) is 4. The molecule has 1 amide bonds. The van der Waals surface area contributed by atoms with Crippen molar-refractivity contribution in [3.8, 4) is 0 Å². The van der Waals surface area contributed by atoms with E-state index in [0.717, 1.165) is 48.7 Å². The standard InChI is InChI=1S/C17H21F3N6O/c18-17(19,20)4-8-22-15(27)11-9-25(10-11)16-12-1-5-21-6-2-13(12)24-14-3-7-23-26(14)16/h3,7,11,21H,1-2,4-6,8-10H2,(H,22,27). The molecule has 0 bridgehead atoms. The molecule has 7 nitrogen and oxygen atoms in total. The molecule has 146 valence electrons. The van der Waals surface area contributed by atoms with Crippen LogP contribution >= 0.6 is 0 Å². The Labute approximate surface area is 153 Å². The van der Waals surface area contributed by atoms with E-state index in [-0.39, 0.29) is 18.4 Å². The van der Waals surface area contributed by atoms with Crippen molar-refractivity contribution in [2.45, 2.75) is 25.4 Å². The molecule has 2 aliphatic rings. The number of aromatic nitrogens is 3. The average molecular weight is 382 g/mol. The zero-order chi connectivity index (χ0) is 19.0. The summed E-state index contributed by atoms with van der Waals surface area (Å²) in [4.78, 5) is 18.9. The molecule has 4 heterocycles. The Morgan fingerprint density at radius 2 is 2.07 bits per heavy atom. The number of fused-ring (bicyclic) bond motifs is 2. The van der Waals surface area contributed by atoms with Crippen LogP contribution in [0.3, 0.4) is 0 Å². The SMILES string of the molecule is O=C(NCCC(F)(F)F)C1CN(c2c3c(nc4ccnn24)CCNCC3)C1. The minimum atomic E-state index is -4.26. The van der Waals surface area contributed by atoms with Crippen LogP contribution in [0.25, 0.3) is 5.65 Å². The number of rotatable bonds is 4. The van der Waals surface area contributed by atoms with E-state index < -0.39 is 12.6 Å². The summed E-state index contributed by atoms with van der Waals surface area (Å²) in [5.74, 6) is 0.314. The number of alkyl halides is 3. The first-order valence-corrected chi connectivity index (χ1v) is 9.08. The molecule has 0 saturated carbocycles. The van der Waals surface area contributed by atoms with E-state index in [1.165, 1.54) is 0 Å². The number of anilines is 1. The van der Waals surface area contributed by atoms with E-state index in [4.69, 9.17) is 4.98 Å². The number of halogens is 3. The number of carbonyl (C=O) groups excluding carboxylic acids is 1. The van der Waals surface area contributed by atoms with Crippen LogP contribution in [-0.4, -0.2) is 59.4 Å². The van der Waals surface area contributed by atoms with Gasteiger partial charge in [0.05, 0.1) is 24.2 Å². The van der Waals surface area contributed by atoms with Crippen molar-refractivity contribution in [1.82, 2.24) is 25.2 Å². The number of hydrogen-bond acceptors (Lipinski definition) is 5. The minimum Gasteiger partial charge on any atom is -0.355 e. The molecule has 27 heavy (non-hydrogen) atoms. The molecular formula is C17H21F3N6O. The smallest absolute Gasteiger partial charge is 0.355 e. The Hall–Kier alpha value is -2.36. The van der Waals surface area contributed by atoms with Gasteiger partial charge in [-0.1, -0.05) is 0 Å². The van der Waals surface area contributed by atoms with E-state index in [1.54, 1.807) is 10.7 Å². The van der Waals surface area contributed by atoms with Crippen LogP contribution in [0, 0.1) is 5.92 Å². The van der Waals surface area contributed by atoms with Gasteiger partial charge in [0.2, 0.25) is 5.91 Å². The molecule has 1 saturated heterocycles. The van der Waals surface area contributed by atoms with Gasteiger partial charge < -0.3 is 15.5 Å². The molecule has 0 aliphatic carbocycles. The molecule has 2 N–H and O–H groups in total. The van der Waals surface area contributed by atoms with Gasteiger partial charge in [0.25, 0.3) is 0 Å². The third-order valence-corrected chi connectivity index (χ3v) is 5.04.